The molecule has 18 heavy (non-hydrogen) atoms. The number of rotatable bonds is 7. The Hall–Kier alpha value is -0.240. The van der Waals surface area contributed by atoms with Crippen molar-refractivity contribution in [1.82, 2.24) is 10.4 Å². The summed E-state index contributed by atoms with van der Waals surface area (Å²) in [6, 6.07) is 0. The lowest BCUT2D eigenvalue weighted by Gasteiger charge is -2.28. The molecule has 2 fully saturated rings. The van der Waals surface area contributed by atoms with Crippen LogP contribution >= 0.6 is 0 Å². The number of morpholine rings is 1. The van der Waals surface area contributed by atoms with Crippen LogP contribution in [0.2, 0.25) is 0 Å². The number of hydrogen-bond acceptors (Lipinski definition) is 6. The molecule has 6 heteroatoms. The van der Waals surface area contributed by atoms with Crippen molar-refractivity contribution < 1.29 is 19.3 Å². The van der Waals surface area contributed by atoms with Crippen molar-refractivity contribution in [3.63, 3.8) is 0 Å². The number of nitrogens with one attached hydrogen (secondary N) is 1. The molecule has 2 rings (SSSR count). The van der Waals surface area contributed by atoms with Crippen molar-refractivity contribution in [1.29, 1.82) is 0 Å². The van der Waals surface area contributed by atoms with Gasteiger partial charge in [0.1, 0.15) is 0 Å². The molecule has 0 aromatic rings. The second-order valence-corrected chi connectivity index (χ2v) is 4.79. The van der Waals surface area contributed by atoms with E-state index in [0.717, 1.165) is 45.8 Å². The third kappa shape index (κ3) is 5.17. The Labute approximate surface area is 108 Å². The number of aliphatic hydroxyl groups excluding tert-OH is 1. The first-order valence-corrected chi connectivity index (χ1v) is 6.78. The van der Waals surface area contributed by atoms with Crippen LogP contribution in [0, 0.1) is 0 Å². The van der Waals surface area contributed by atoms with E-state index >= 15 is 0 Å². The zero-order valence-corrected chi connectivity index (χ0v) is 10.8. The highest BCUT2D eigenvalue weighted by Gasteiger charge is 2.16. The summed E-state index contributed by atoms with van der Waals surface area (Å²) in [6.45, 7) is 5.54. The van der Waals surface area contributed by atoms with Gasteiger partial charge in [0, 0.05) is 26.2 Å². The van der Waals surface area contributed by atoms with Gasteiger partial charge in [-0.2, -0.15) is 0 Å². The Kier molecular flexibility index (Phi) is 6.33. The summed E-state index contributed by atoms with van der Waals surface area (Å²) in [5, 5.41) is 11.8. The van der Waals surface area contributed by atoms with Gasteiger partial charge in [0.25, 0.3) is 0 Å². The fraction of sp³-hybridized carbons (Fsp3) is 1.00. The highest BCUT2D eigenvalue weighted by molar-refractivity contribution is 4.65. The minimum absolute atomic E-state index is 0.226. The maximum absolute atomic E-state index is 9.77. The highest BCUT2D eigenvalue weighted by Crippen LogP contribution is 2.11. The average molecular weight is 260 g/mol. The van der Waals surface area contributed by atoms with Crippen molar-refractivity contribution in [2.75, 3.05) is 52.7 Å². The Bertz CT molecular complexity index is 218. The van der Waals surface area contributed by atoms with E-state index in [4.69, 9.17) is 14.2 Å². The lowest BCUT2D eigenvalue weighted by atomic mass is 10.2. The van der Waals surface area contributed by atoms with E-state index in [9.17, 15) is 5.11 Å². The molecular formula is C12H24N2O4. The van der Waals surface area contributed by atoms with Crippen LogP contribution in [0.15, 0.2) is 0 Å². The minimum atomic E-state index is -0.478. The standard InChI is InChI=1S/C12H24N2O4/c15-11(8-13-14-3-6-16-7-4-14)9-17-10-12-2-1-5-18-12/h11-13,15H,1-10H2. The van der Waals surface area contributed by atoms with Crippen LogP contribution in [-0.2, 0) is 14.2 Å². The lowest BCUT2D eigenvalue weighted by molar-refractivity contribution is -0.0303. The Morgan fingerprint density at radius 1 is 1.33 bits per heavy atom. The predicted octanol–water partition coefficient (Wildman–Crippen LogP) is -0.620. The van der Waals surface area contributed by atoms with Crippen LogP contribution in [0.3, 0.4) is 0 Å². The zero-order chi connectivity index (χ0) is 12.6. The molecule has 0 amide bonds. The summed E-state index contributed by atoms with van der Waals surface area (Å²) in [7, 11) is 0. The van der Waals surface area contributed by atoms with E-state index in [1.165, 1.54) is 0 Å². The maximum Gasteiger partial charge on any atom is 0.0911 e. The molecular weight excluding hydrogens is 236 g/mol. The van der Waals surface area contributed by atoms with Crippen molar-refractivity contribution in [3.05, 3.63) is 0 Å². The van der Waals surface area contributed by atoms with Gasteiger partial charge < -0.3 is 19.3 Å². The second-order valence-electron chi connectivity index (χ2n) is 4.79. The van der Waals surface area contributed by atoms with E-state index in [-0.39, 0.29) is 6.10 Å². The predicted molar refractivity (Wildman–Crippen MR) is 66.2 cm³/mol. The van der Waals surface area contributed by atoms with E-state index in [0.29, 0.717) is 19.8 Å². The third-order valence-corrected chi connectivity index (χ3v) is 3.20. The van der Waals surface area contributed by atoms with Crippen molar-refractivity contribution in [2.45, 2.75) is 25.0 Å². The molecule has 2 aliphatic rings. The number of hydrazine groups is 1. The average Bonchev–Trinajstić information content (AvgIpc) is 2.91. The van der Waals surface area contributed by atoms with Gasteiger partial charge in [-0.15, -0.1) is 0 Å². The number of aliphatic hydroxyl groups is 1. The summed E-state index contributed by atoms with van der Waals surface area (Å²) in [5.41, 5.74) is 3.19. The Balaban J connectivity index is 1.47. The SMILES string of the molecule is OC(CNN1CCOCC1)COCC1CCCO1. The molecule has 0 aromatic carbocycles. The summed E-state index contributed by atoms with van der Waals surface area (Å²) in [4.78, 5) is 0. The molecule has 2 atom stereocenters. The van der Waals surface area contributed by atoms with E-state index in [2.05, 4.69) is 10.4 Å². The molecule has 2 N–H and O–H groups in total. The van der Waals surface area contributed by atoms with Gasteiger partial charge in [0.2, 0.25) is 0 Å². The van der Waals surface area contributed by atoms with Crippen molar-refractivity contribution in [2.24, 2.45) is 0 Å². The van der Waals surface area contributed by atoms with E-state index in [1.807, 2.05) is 0 Å². The molecule has 106 valence electrons. The second kappa shape index (κ2) is 8.04. The van der Waals surface area contributed by atoms with E-state index in [1.54, 1.807) is 0 Å². The maximum atomic E-state index is 9.77. The van der Waals surface area contributed by atoms with Gasteiger partial charge in [-0.3, -0.25) is 5.43 Å². The molecule has 0 aliphatic carbocycles. The molecule has 0 spiro atoms. The van der Waals surface area contributed by atoms with Crippen LogP contribution in [0.5, 0.6) is 0 Å². The zero-order valence-electron chi connectivity index (χ0n) is 10.8. The molecule has 2 saturated heterocycles. The molecule has 2 unspecified atom stereocenters. The van der Waals surface area contributed by atoms with Crippen LogP contribution in [0.4, 0.5) is 0 Å². The smallest absolute Gasteiger partial charge is 0.0911 e. The van der Waals surface area contributed by atoms with Crippen molar-refractivity contribution in [3.8, 4) is 0 Å². The van der Waals surface area contributed by atoms with Gasteiger partial charge in [-0.05, 0) is 12.8 Å². The van der Waals surface area contributed by atoms with Crippen LogP contribution in [0.25, 0.3) is 0 Å². The molecule has 0 radical (unpaired) electrons. The third-order valence-electron chi connectivity index (χ3n) is 3.20. The summed E-state index contributed by atoms with van der Waals surface area (Å²) >= 11 is 0. The normalized spacial score (nSPS) is 27.5. The molecule has 2 aliphatic heterocycles. The number of nitrogens with zero attached hydrogens (tertiary/aromatic N) is 1. The molecule has 0 aromatic heterocycles. The molecule has 0 bridgehead atoms. The Morgan fingerprint density at radius 3 is 2.89 bits per heavy atom. The van der Waals surface area contributed by atoms with Gasteiger partial charge in [0.05, 0.1) is 38.6 Å². The largest absolute Gasteiger partial charge is 0.389 e. The van der Waals surface area contributed by atoms with Gasteiger partial charge in [-0.25, -0.2) is 5.01 Å². The lowest BCUT2D eigenvalue weighted by Crippen LogP contribution is -2.48. The highest BCUT2D eigenvalue weighted by atomic mass is 16.5. The van der Waals surface area contributed by atoms with Gasteiger partial charge in [-0.1, -0.05) is 0 Å². The van der Waals surface area contributed by atoms with Gasteiger partial charge in [0.15, 0.2) is 0 Å². The molecule has 0 saturated carbocycles. The van der Waals surface area contributed by atoms with Gasteiger partial charge >= 0.3 is 0 Å². The summed E-state index contributed by atoms with van der Waals surface area (Å²) < 4.78 is 16.2. The summed E-state index contributed by atoms with van der Waals surface area (Å²) in [6.07, 6.45) is 1.94. The first-order valence-electron chi connectivity index (χ1n) is 6.78. The fourth-order valence-electron chi connectivity index (χ4n) is 2.13. The topological polar surface area (TPSA) is 63.2 Å². The first-order chi connectivity index (χ1) is 8.84. The Morgan fingerprint density at radius 2 is 2.17 bits per heavy atom. The number of hydrogen-bond donors (Lipinski definition) is 2. The minimum Gasteiger partial charge on any atom is -0.389 e. The van der Waals surface area contributed by atoms with Crippen molar-refractivity contribution >= 4 is 0 Å². The fourth-order valence-corrected chi connectivity index (χ4v) is 2.13. The molecule has 6 nitrogen and oxygen atoms in total. The van der Waals surface area contributed by atoms with Crippen LogP contribution < -0.4 is 5.43 Å². The first kappa shape index (κ1) is 14.2. The van der Waals surface area contributed by atoms with Crippen LogP contribution in [0.1, 0.15) is 12.8 Å². The quantitative estimate of drug-likeness (QED) is 0.636. The van der Waals surface area contributed by atoms with E-state index < -0.39 is 6.10 Å². The molecule has 2 heterocycles. The van der Waals surface area contributed by atoms with Crippen LogP contribution in [-0.4, -0.2) is 75.0 Å². The summed E-state index contributed by atoms with van der Waals surface area (Å²) in [5.74, 6) is 0. The number of ether oxygens (including phenoxy) is 3. The monoisotopic (exact) mass is 260 g/mol.